The summed E-state index contributed by atoms with van der Waals surface area (Å²) in [5.41, 5.74) is 0.514. The molecule has 0 saturated carbocycles. The van der Waals surface area contributed by atoms with Crippen LogP contribution in [0.2, 0.25) is 0 Å². The second-order valence-corrected chi connectivity index (χ2v) is 2.33. The topological polar surface area (TPSA) is 18.5 Å². The summed E-state index contributed by atoms with van der Waals surface area (Å²) in [7, 11) is 1.38. The summed E-state index contributed by atoms with van der Waals surface area (Å²) >= 11 is 0. The highest BCUT2D eigenvalue weighted by molar-refractivity contribution is 5.47. The molecule has 13 heavy (non-hydrogen) atoms. The molecule has 0 amide bonds. The molecule has 1 radical (unpaired) electrons. The number of hydrogen-bond donors (Lipinski definition) is 0. The molecule has 0 bridgehead atoms. The molecular formula is C9H9F2O2. The van der Waals surface area contributed by atoms with Gasteiger partial charge < -0.3 is 9.47 Å². The summed E-state index contributed by atoms with van der Waals surface area (Å²) in [4.78, 5) is 0. The average Bonchev–Trinajstić information content (AvgIpc) is 2.03. The van der Waals surface area contributed by atoms with E-state index in [2.05, 4.69) is 11.7 Å². The van der Waals surface area contributed by atoms with Gasteiger partial charge in [-0.3, -0.25) is 0 Å². The van der Waals surface area contributed by atoms with Gasteiger partial charge in [0.2, 0.25) is 0 Å². The van der Waals surface area contributed by atoms with E-state index in [9.17, 15) is 8.78 Å². The van der Waals surface area contributed by atoms with Gasteiger partial charge in [0.05, 0.1) is 7.11 Å². The van der Waals surface area contributed by atoms with Crippen LogP contribution in [0, 0.1) is 6.92 Å². The lowest BCUT2D eigenvalue weighted by atomic mass is 10.2. The molecule has 0 saturated heterocycles. The summed E-state index contributed by atoms with van der Waals surface area (Å²) in [5, 5.41) is 0. The van der Waals surface area contributed by atoms with Gasteiger partial charge in [0.1, 0.15) is 0 Å². The van der Waals surface area contributed by atoms with Crippen molar-refractivity contribution in [2.75, 3.05) is 7.11 Å². The van der Waals surface area contributed by atoms with Crippen molar-refractivity contribution in [1.29, 1.82) is 0 Å². The van der Waals surface area contributed by atoms with Crippen LogP contribution in [-0.4, -0.2) is 13.7 Å². The standard InChI is InChI=1S/C9H9F2O2/c1-6-4-3-5-7(8(6)12-2)13-9(10)11/h3-5,9H,1H2,2H3. The van der Waals surface area contributed by atoms with E-state index in [1.165, 1.54) is 13.2 Å². The Kier molecular flexibility index (Phi) is 3.06. The number of methoxy groups -OCH3 is 1. The van der Waals surface area contributed by atoms with Crippen LogP contribution in [0.15, 0.2) is 18.2 Å². The van der Waals surface area contributed by atoms with Gasteiger partial charge >= 0.3 is 6.61 Å². The normalized spacial score (nSPS) is 10.2. The molecule has 0 aromatic heterocycles. The summed E-state index contributed by atoms with van der Waals surface area (Å²) in [5.74, 6) is 0.243. The maximum atomic E-state index is 11.9. The molecule has 0 atom stereocenters. The SMILES string of the molecule is [CH2]c1cccc(OC(F)F)c1OC. The molecule has 1 aromatic carbocycles. The molecule has 0 N–H and O–H groups in total. The molecule has 0 aliphatic rings. The summed E-state index contributed by atoms with van der Waals surface area (Å²) in [6, 6.07) is 4.62. The lowest BCUT2D eigenvalue weighted by Gasteiger charge is -2.11. The third-order valence-corrected chi connectivity index (χ3v) is 1.48. The van der Waals surface area contributed by atoms with Crippen molar-refractivity contribution in [2.45, 2.75) is 6.61 Å². The number of hydrogen-bond acceptors (Lipinski definition) is 2. The lowest BCUT2D eigenvalue weighted by molar-refractivity contribution is -0.0512. The van der Waals surface area contributed by atoms with Crippen LogP contribution in [0.25, 0.3) is 0 Å². The van der Waals surface area contributed by atoms with E-state index in [0.29, 0.717) is 5.56 Å². The Morgan fingerprint density at radius 1 is 1.38 bits per heavy atom. The predicted octanol–water partition coefficient (Wildman–Crippen LogP) is 2.48. The molecule has 0 spiro atoms. The predicted molar refractivity (Wildman–Crippen MR) is 44.1 cm³/mol. The van der Waals surface area contributed by atoms with Crippen molar-refractivity contribution in [2.24, 2.45) is 0 Å². The molecule has 0 fully saturated rings. The van der Waals surface area contributed by atoms with Crippen LogP contribution >= 0.6 is 0 Å². The maximum Gasteiger partial charge on any atom is 0.387 e. The Bertz CT molecular complexity index is 287. The minimum Gasteiger partial charge on any atom is -0.493 e. The van der Waals surface area contributed by atoms with Crippen molar-refractivity contribution in [3.05, 3.63) is 30.7 Å². The number of para-hydroxylation sites is 1. The average molecular weight is 187 g/mol. The molecule has 71 valence electrons. The minimum atomic E-state index is -2.85. The Morgan fingerprint density at radius 2 is 2.08 bits per heavy atom. The fourth-order valence-corrected chi connectivity index (χ4v) is 0.982. The molecule has 0 aliphatic heterocycles. The summed E-state index contributed by atoms with van der Waals surface area (Å²) < 4.78 is 32.8. The van der Waals surface area contributed by atoms with Gasteiger partial charge in [-0.05, 0) is 18.6 Å². The maximum absolute atomic E-state index is 11.9. The second kappa shape index (κ2) is 4.07. The molecular weight excluding hydrogens is 178 g/mol. The fourth-order valence-electron chi connectivity index (χ4n) is 0.982. The van der Waals surface area contributed by atoms with Crippen molar-refractivity contribution in [3.8, 4) is 11.5 Å². The van der Waals surface area contributed by atoms with Gasteiger partial charge in [-0.2, -0.15) is 8.78 Å². The largest absolute Gasteiger partial charge is 0.493 e. The first-order valence-corrected chi connectivity index (χ1v) is 3.59. The zero-order valence-electron chi connectivity index (χ0n) is 7.09. The van der Waals surface area contributed by atoms with E-state index >= 15 is 0 Å². The number of alkyl halides is 2. The van der Waals surface area contributed by atoms with Crippen LogP contribution in [0.1, 0.15) is 5.56 Å². The van der Waals surface area contributed by atoms with E-state index in [1.54, 1.807) is 12.1 Å². The zero-order chi connectivity index (χ0) is 9.84. The van der Waals surface area contributed by atoms with Crippen LogP contribution in [0.5, 0.6) is 11.5 Å². The summed E-state index contributed by atoms with van der Waals surface area (Å²) in [6.45, 7) is 0.758. The lowest BCUT2D eigenvalue weighted by Crippen LogP contribution is -2.03. The van der Waals surface area contributed by atoms with Crippen molar-refractivity contribution in [1.82, 2.24) is 0 Å². The fraction of sp³-hybridized carbons (Fsp3) is 0.222. The zero-order valence-corrected chi connectivity index (χ0v) is 7.09. The highest BCUT2D eigenvalue weighted by atomic mass is 19.3. The Labute approximate surface area is 75.1 Å². The highest BCUT2D eigenvalue weighted by Crippen LogP contribution is 2.31. The van der Waals surface area contributed by atoms with Crippen molar-refractivity contribution >= 4 is 0 Å². The van der Waals surface area contributed by atoms with E-state index < -0.39 is 6.61 Å². The number of rotatable bonds is 3. The van der Waals surface area contributed by atoms with Gasteiger partial charge in [0.25, 0.3) is 0 Å². The molecule has 0 heterocycles. The third kappa shape index (κ3) is 2.31. The van der Waals surface area contributed by atoms with E-state index in [0.717, 1.165) is 0 Å². The van der Waals surface area contributed by atoms with E-state index in [-0.39, 0.29) is 11.5 Å². The van der Waals surface area contributed by atoms with Crippen molar-refractivity contribution < 1.29 is 18.3 Å². The minimum absolute atomic E-state index is 0.00463. The number of benzene rings is 1. The van der Waals surface area contributed by atoms with Crippen LogP contribution in [0.3, 0.4) is 0 Å². The molecule has 1 aromatic rings. The molecule has 0 aliphatic carbocycles. The molecule has 4 heteroatoms. The smallest absolute Gasteiger partial charge is 0.387 e. The van der Waals surface area contributed by atoms with Gasteiger partial charge in [0, 0.05) is 0 Å². The van der Waals surface area contributed by atoms with Gasteiger partial charge in [-0.1, -0.05) is 12.1 Å². The molecule has 1 rings (SSSR count). The molecule has 2 nitrogen and oxygen atoms in total. The van der Waals surface area contributed by atoms with Gasteiger partial charge in [0.15, 0.2) is 11.5 Å². The first-order chi connectivity index (χ1) is 6.15. The monoisotopic (exact) mass is 187 g/mol. The highest BCUT2D eigenvalue weighted by Gasteiger charge is 2.11. The van der Waals surface area contributed by atoms with E-state index in [1.807, 2.05) is 0 Å². The Hall–Kier alpha value is -1.32. The van der Waals surface area contributed by atoms with Gasteiger partial charge in [-0.25, -0.2) is 0 Å². The third-order valence-electron chi connectivity index (χ3n) is 1.48. The Morgan fingerprint density at radius 3 is 2.62 bits per heavy atom. The molecule has 0 unspecified atom stereocenters. The van der Waals surface area contributed by atoms with Crippen LogP contribution in [0.4, 0.5) is 8.78 Å². The van der Waals surface area contributed by atoms with Crippen LogP contribution < -0.4 is 9.47 Å². The van der Waals surface area contributed by atoms with Crippen molar-refractivity contribution in [3.63, 3.8) is 0 Å². The second-order valence-electron chi connectivity index (χ2n) is 2.33. The first-order valence-electron chi connectivity index (χ1n) is 3.59. The number of halogens is 2. The first kappa shape index (κ1) is 9.77. The van der Waals surface area contributed by atoms with Crippen LogP contribution in [-0.2, 0) is 0 Å². The van der Waals surface area contributed by atoms with Gasteiger partial charge in [-0.15, -0.1) is 0 Å². The summed E-state index contributed by atoms with van der Waals surface area (Å²) in [6.07, 6.45) is 0. The number of ether oxygens (including phenoxy) is 2. The Balaban J connectivity index is 2.98. The quantitative estimate of drug-likeness (QED) is 0.723. The van der Waals surface area contributed by atoms with E-state index in [4.69, 9.17) is 4.74 Å².